The maximum Gasteiger partial charge on any atom is 0.0598 e. The minimum Gasteiger partial charge on any atom is -0.292 e. The highest BCUT2D eigenvalue weighted by Crippen LogP contribution is 2.61. The van der Waals surface area contributed by atoms with E-state index < -0.39 is 0 Å². The van der Waals surface area contributed by atoms with E-state index in [9.17, 15) is 0 Å². The molecule has 0 radical (unpaired) electrons. The van der Waals surface area contributed by atoms with Crippen LogP contribution < -0.4 is 0 Å². The van der Waals surface area contributed by atoms with Crippen molar-refractivity contribution in [2.75, 3.05) is 6.54 Å². The quantitative estimate of drug-likeness (QED) is 0.297. The summed E-state index contributed by atoms with van der Waals surface area (Å²) in [5.74, 6) is 0.469. The molecule has 1 aliphatic carbocycles. The van der Waals surface area contributed by atoms with E-state index in [4.69, 9.17) is 23.2 Å². The molecular weight excluding hydrogens is 421 g/mol. The molecular formula is C28H35Cl2N. The first-order valence-electron chi connectivity index (χ1n) is 11.7. The van der Waals surface area contributed by atoms with Crippen molar-refractivity contribution in [3.8, 4) is 11.1 Å². The standard InChI is InChI=1S/C28H35Cl2N/c1-6-7-8-14-31-24(15-18(2)3)27-26-20(19-12-13-22(29)23(30)16-19)10-9-11-21(26)25(31)17-28(27,4)5/h9-13,16,24-25,27H,2,6-8,14-15,17H2,1,3-5H3/t24-,25-,27-/m0/s1. The largest absolute Gasteiger partial charge is 0.292 e. The molecule has 1 fully saturated rings. The van der Waals surface area contributed by atoms with E-state index in [0.717, 1.165) is 6.42 Å². The first-order chi connectivity index (χ1) is 14.7. The summed E-state index contributed by atoms with van der Waals surface area (Å²) in [6.07, 6.45) is 6.11. The molecule has 31 heavy (non-hydrogen) atoms. The summed E-state index contributed by atoms with van der Waals surface area (Å²) >= 11 is 12.7. The van der Waals surface area contributed by atoms with Gasteiger partial charge in [-0.1, -0.05) is 86.7 Å². The zero-order valence-corrected chi connectivity index (χ0v) is 20.9. The van der Waals surface area contributed by atoms with Gasteiger partial charge in [0.1, 0.15) is 0 Å². The van der Waals surface area contributed by atoms with E-state index in [2.05, 4.69) is 63.4 Å². The lowest BCUT2D eigenvalue weighted by molar-refractivity contribution is -0.0261. The normalized spacial score (nSPS) is 24.3. The van der Waals surface area contributed by atoms with Crippen LogP contribution in [0.3, 0.4) is 0 Å². The van der Waals surface area contributed by atoms with Crippen molar-refractivity contribution in [3.05, 3.63) is 69.7 Å². The van der Waals surface area contributed by atoms with E-state index in [1.165, 1.54) is 60.1 Å². The lowest BCUT2D eigenvalue weighted by Gasteiger charge is -2.60. The van der Waals surface area contributed by atoms with Gasteiger partial charge in [0, 0.05) is 18.0 Å². The van der Waals surface area contributed by atoms with Crippen molar-refractivity contribution in [2.45, 2.75) is 77.8 Å². The van der Waals surface area contributed by atoms with Crippen LogP contribution in [-0.4, -0.2) is 17.5 Å². The van der Waals surface area contributed by atoms with Crippen molar-refractivity contribution in [1.29, 1.82) is 0 Å². The molecule has 2 bridgehead atoms. The Morgan fingerprint density at radius 1 is 1.13 bits per heavy atom. The number of rotatable bonds is 7. The minimum absolute atomic E-state index is 0.241. The number of hydrogen-bond acceptors (Lipinski definition) is 1. The number of fused-ring (bicyclic) bond motifs is 2. The minimum atomic E-state index is 0.241. The molecule has 3 heteroatoms. The van der Waals surface area contributed by atoms with Gasteiger partial charge in [-0.05, 0) is 72.5 Å². The SMILES string of the molecule is C=C(C)C[C@H]1[C@H]2c3c(-c4ccc(Cl)c(Cl)c4)cccc3[C@H](CC2(C)C)N1CCCCC. The van der Waals surface area contributed by atoms with Gasteiger partial charge in [-0.25, -0.2) is 0 Å². The Balaban J connectivity index is 1.87. The second-order valence-corrected chi connectivity index (χ2v) is 11.1. The van der Waals surface area contributed by atoms with Crippen LogP contribution in [0.15, 0.2) is 48.6 Å². The Labute approximate surface area is 198 Å². The van der Waals surface area contributed by atoms with Crippen molar-refractivity contribution in [1.82, 2.24) is 4.90 Å². The summed E-state index contributed by atoms with van der Waals surface area (Å²) in [7, 11) is 0. The summed E-state index contributed by atoms with van der Waals surface area (Å²) in [4.78, 5) is 2.82. The lowest BCUT2D eigenvalue weighted by Crippen LogP contribution is -2.56. The van der Waals surface area contributed by atoms with Gasteiger partial charge < -0.3 is 0 Å². The molecule has 2 aromatic rings. The predicted octanol–water partition coefficient (Wildman–Crippen LogP) is 9.06. The molecule has 2 heterocycles. The molecule has 0 aromatic heterocycles. The van der Waals surface area contributed by atoms with Gasteiger partial charge in [0.05, 0.1) is 10.0 Å². The summed E-state index contributed by atoms with van der Waals surface area (Å²) in [5.41, 5.74) is 7.05. The molecule has 0 saturated carbocycles. The van der Waals surface area contributed by atoms with Crippen LogP contribution in [0.2, 0.25) is 10.0 Å². The topological polar surface area (TPSA) is 3.24 Å². The number of piperidine rings is 1. The number of halogens is 2. The Kier molecular flexibility index (Phi) is 6.59. The average Bonchev–Trinajstić information content (AvgIpc) is 2.70. The lowest BCUT2D eigenvalue weighted by atomic mass is 9.56. The van der Waals surface area contributed by atoms with Gasteiger partial charge in [-0.2, -0.15) is 0 Å². The Bertz CT molecular complexity index is 977. The molecule has 0 N–H and O–H groups in total. The van der Waals surface area contributed by atoms with Gasteiger partial charge in [0.15, 0.2) is 0 Å². The van der Waals surface area contributed by atoms with Crippen LogP contribution in [0.1, 0.15) is 82.9 Å². The number of hydrogen-bond donors (Lipinski definition) is 0. The molecule has 166 valence electrons. The summed E-state index contributed by atoms with van der Waals surface area (Å²) in [5, 5.41) is 1.23. The molecule has 2 aliphatic heterocycles. The highest BCUT2D eigenvalue weighted by molar-refractivity contribution is 6.42. The molecule has 3 atom stereocenters. The van der Waals surface area contributed by atoms with Crippen LogP contribution in [0, 0.1) is 5.41 Å². The molecule has 2 aromatic carbocycles. The number of nitrogens with zero attached hydrogens (tertiary/aromatic N) is 1. The second-order valence-electron chi connectivity index (χ2n) is 10.3. The van der Waals surface area contributed by atoms with Crippen LogP contribution in [0.4, 0.5) is 0 Å². The maximum atomic E-state index is 6.42. The summed E-state index contributed by atoms with van der Waals surface area (Å²) in [6, 6.07) is 13.9. The van der Waals surface area contributed by atoms with Crippen molar-refractivity contribution in [2.24, 2.45) is 5.41 Å². The van der Waals surface area contributed by atoms with Crippen molar-refractivity contribution >= 4 is 23.2 Å². The molecule has 0 spiro atoms. The van der Waals surface area contributed by atoms with Gasteiger partial charge in [0.25, 0.3) is 0 Å². The zero-order chi connectivity index (χ0) is 22.3. The molecule has 0 amide bonds. The van der Waals surface area contributed by atoms with Gasteiger partial charge in [-0.15, -0.1) is 6.58 Å². The summed E-state index contributed by atoms with van der Waals surface area (Å²) in [6.45, 7) is 14.9. The fourth-order valence-electron chi connectivity index (χ4n) is 6.15. The van der Waals surface area contributed by atoms with Gasteiger partial charge >= 0.3 is 0 Å². The van der Waals surface area contributed by atoms with Crippen molar-refractivity contribution < 1.29 is 0 Å². The highest BCUT2D eigenvalue weighted by Gasteiger charge is 2.53. The van der Waals surface area contributed by atoms with E-state index >= 15 is 0 Å². The van der Waals surface area contributed by atoms with Crippen molar-refractivity contribution in [3.63, 3.8) is 0 Å². The first kappa shape index (κ1) is 22.9. The van der Waals surface area contributed by atoms with E-state index in [-0.39, 0.29) is 5.41 Å². The van der Waals surface area contributed by atoms with Crippen LogP contribution in [-0.2, 0) is 0 Å². The Morgan fingerprint density at radius 2 is 1.90 bits per heavy atom. The third-order valence-corrected chi connectivity index (χ3v) is 8.13. The monoisotopic (exact) mass is 455 g/mol. The zero-order valence-electron chi connectivity index (χ0n) is 19.3. The highest BCUT2D eigenvalue weighted by atomic mass is 35.5. The molecule has 1 saturated heterocycles. The Morgan fingerprint density at radius 3 is 2.58 bits per heavy atom. The smallest absolute Gasteiger partial charge is 0.0598 e. The molecule has 5 rings (SSSR count). The van der Waals surface area contributed by atoms with Gasteiger partial charge in [-0.3, -0.25) is 4.90 Å². The average molecular weight is 457 g/mol. The van der Waals surface area contributed by atoms with Crippen LogP contribution in [0.5, 0.6) is 0 Å². The molecule has 0 unspecified atom stereocenters. The predicted molar refractivity (Wildman–Crippen MR) is 135 cm³/mol. The third kappa shape index (κ3) is 4.22. The van der Waals surface area contributed by atoms with Crippen LogP contribution in [0.25, 0.3) is 11.1 Å². The number of unbranched alkanes of at least 4 members (excludes halogenated alkanes) is 2. The van der Waals surface area contributed by atoms with Crippen LogP contribution >= 0.6 is 23.2 Å². The maximum absolute atomic E-state index is 6.42. The molecule has 3 aliphatic rings. The second kappa shape index (κ2) is 8.93. The third-order valence-electron chi connectivity index (χ3n) is 7.39. The van der Waals surface area contributed by atoms with E-state index in [1.54, 1.807) is 0 Å². The number of benzene rings is 2. The Hall–Kier alpha value is -1.28. The van der Waals surface area contributed by atoms with E-state index in [0.29, 0.717) is 28.0 Å². The van der Waals surface area contributed by atoms with E-state index in [1.807, 2.05) is 12.1 Å². The summed E-state index contributed by atoms with van der Waals surface area (Å²) < 4.78 is 0. The van der Waals surface area contributed by atoms with Gasteiger partial charge in [0.2, 0.25) is 0 Å². The fraction of sp³-hybridized carbons (Fsp3) is 0.500. The first-order valence-corrected chi connectivity index (χ1v) is 12.5. The fourth-order valence-corrected chi connectivity index (χ4v) is 6.45. The molecule has 1 nitrogen and oxygen atoms in total.